The van der Waals surface area contributed by atoms with E-state index in [0.717, 1.165) is 13.1 Å². The van der Waals surface area contributed by atoms with Crippen LogP contribution in [0.3, 0.4) is 0 Å². The minimum Gasteiger partial charge on any atom is -0.316 e. The van der Waals surface area contributed by atoms with Crippen molar-refractivity contribution >= 4 is 0 Å². The van der Waals surface area contributed by atoms with Gasteiger partial charge in [0.1, 0.15) is 5.67 Å². The van der Waals surface area contributed by atoms with Crippen LogP contribution in [0, 0.1) is 0 Å². The Labute approximate surface area is 69.4 Å². The first-order valence-electron chi connectivity index (χ1n) is 4.66. The highest BCUT2D eigenvalue weighted by molar-refractivity contribution is 4.82. The molecule has 1 rings (SSSR count). The SMILES string of the molecule is CC.CCC1(F)CCNCC1. The Hall–Kier alpha value is -0.110. The van der Waals surface area contributed by atoms with Crippen LogP contribution in [0.25, 0.3) is 0 Å². The van der Waals surface area contributed by atoms with E-state index in [0.29, 0.717) is 19.3 Å². The van der Waals surface area contributed by atoms with Gasteiger partial charge in [-0.1, -0.05) is 20.8 Å². The lowest BCUT2D eigenvalue weighted by molar-refractivity contribution is 0.111. The van der Waals surface area contributed by atoms with Gasteiger partial charge in [0.15, 0.2) is 0 Å². The monoisotopic (exact) mass is 161 g/mol. The quantitative estimate of drug-likeness (QED) is 0.623. The predicted molar refractivity (Wildman–Crippen MR) is 47.6 cm³/mol. The lowest BCUT2D eigenvalue weighted by Gasteiger charge is -2.28. The highest BCUT2D eigenvalue weighted by atomic mass is 19.1. The van der Waals surface area contributed by atoms with Gasteiger partial charge in [-0.25, -0.2) is 4.39 Å². The second-order valence-electron chi connectivity index (χ2n) is 2.75. The number of halogens is 1. The van der Waals surface area contributed by atoms with E-state index >= 15 is 0 Å². The molecule has 2 heteroatoms. The molecule has 1 heterocycles. The van der Waals surface area contributed by atoms with Gasteiger partial charge >= 0.3 is 0 Å². The average Bonchev–Trinajstić information content (AvgIpc) is 2.10. The van der Waals surface area contributed by atoms with E-state index in [4.69, 9.17) is 0 Å². The van der Waals surface area contributed by atoms with Crippen molar-refractivity contribution in [2.45, 2.75) is 45.7 Å². The molecule has 0 aromatic rings. The zero-order valence-electron chi connectivity index (χ0n) is 7.91. The van der Waals surface area contributed by atoms with Crippen molar-refractivity contribution in [3.05, 3.63) is 0 Å². The van der Waals surface area contributed by atoms with Gasteiger partial charge in [-0.05, 0) is 32.4 Å². The minimum absolute atomic E-state index is 0.675. The van der Waals surface area contributed by atoms with E-state index < -0.39 is 5.67 Å². The van der Waals surface area contributed by atoms with Crippen molar-refractivity contribution in [2.24, 2.45) is 0 Å². The minimum atomic E-state index is -0.842. The van der Waals surface area contributed by atoms with E-state index in [-0.39, 0.29) is 0 Å². The van der Waals surface area contributed by atoms with Gasteiger partial charge in [-0.3, -0.25) is 0 Å². The average molecular weight is 161 g/mol. The van der Waals surface area contributed by atoms with Gasteiger partial charge in [0.2, 0.25) is 0 Å². The van der Waals surface area contributed by atoms with Crippen molar-refractivity contribution in [2.75, 3.05) is 13.1 Å². The summed E-state index contributed by atoms with van der Waals surface area (Å²) in [4.78, 5) is 0. The summed E-state index contributed by atoms with van der Waals surface area (Å²) in [6, 6.07) is 0. The normalized spacial score (nSPS) is 21.8. The molecule has 1 fully saturated rings. The predicted octanol–water partition coefficient (Wildman–Crippen LogP) is 2.51. The Bertz CT molecular complexity index is 87.6. The first-order valence-corrected chi connectivity index (χ1v) is 4.66. The summed E-state index contributed by atoms with van der Waals surface area (Å²) in [5, 5.41) is 3.13. The van der Waals surface area contributed by atoms with E-state index in [1.54, 1.807) is 0 Å². The largest absolute Gasteiger partial charge is 0.316 e. The van der Waals surface area contributed by atoms with Gasteiger partial charge in [-0.2, -0.15) is 0 Å². The van der Waals surface area contributed by atoms with Crippen molar-refractivity contribution in [3.63, 3.8) is 0 Å². The van der Waals surface area contributed by atoms with Crippen LogP contribution in [0.4, 0.5) is 4.39 Å². The Morgan fingerprint density at radius 3 is 2.00 bits per heavy atom. The van der Waals surface area contributed by atoms with Crippen LogP contribution >= 0.6 is 0 Å². The van der Waals surface area contributed by atoms with Crippen LogP contribution in [-0.2, 0) is 0 Å². The maximum Gasteiger partial charge on any atom is 0.113 e. The van der Waals surface area contributed by atoms with Crippen LogP contribution in [0.2, 0.25) is 0 Å². The van der Waals surface area contributed by atoms with Crippen molar-refractivity contribution in [1.82, 2.24) is 5.32 Å². The van der Waals surface area contributed by atoms with Gasteiger partial charge in [-0.15, -0.1) is 0 Å². The molecule has 0 aliphatic carbocycles. The summed E-state index contributed by atoms with van der Waals surface area (Å²) in [6.45, 7) is 7.63. The molecule has 0 aromatic carbocycles. The fraction of sp³-hybridized carbons (Fsp3) is 1.00. The van der Waals surface area contributed by atoms with Crippen LogP contribution in [0.15, 0.2) is 0 Å². The summed E-state index contributed by atoms with van der Waals surface area (Å²) in [7, 11) is 0. The molecule has 1 nitrogen and oxygen atoms in total. The molecule has 11 heavy (non-hydrogen) atoms. The molecule has 0 bridgehead atoms. The Kier molecular flexibility index (Phi) is 5.47. The van der Waals surface area contributed by atoms with Gasteiger partial charge < -0.3 is 5.32 Å². The van der Waals surface area contributed by atoms with E-state index in [1.165, 1.54) is 0 Å². The van der Waals surface area contributed by atoms with E-state index in [1.807, 2.05) is 20.8 Å². The third kappa shape index (κ3) is 3.71. The summed E-state index contributed by atoms with van der Waals surface area (Å²) in [6.07, 6.45) is 2.07. The second-order valence-corrected chi connectivity index (χ2v) is 2.75. The van der Waals surface area contributed by atoms with Gasteiger partial charge in [0.25, 0.3) is 0 Å². The lowest BCUT2D eigenvalue weighted by atomic mass is 9.92. The fourth-order valence-corrected chi connectivity index (χ4v) is 1.23. The van der Waals surface area contributed by atoms with Crippen molar-refractivity contribution in [3.8, 4) is 0 Å². The van der Waals surface area contributed by atoms with Crippen LogP contribution in [0.5, 0.6) is 0 Å². The van der Waals surface area contributed by atoms with Crippen LogP contribution in [-0.4, -0.2) is 18.8 Å². The molecule has 1 N–H and O–H groups in total. The summed E-state index contributed by atoms with van der Waals surface area (Å²) >= 11 is 0. The smallest absolute Gasteiger partial charge is 0.113 e. The lowest BCUT2D eigenvalue weighted by Crippen LogP contribution is -2.37. The molecule has 1 aliphatic rings. The molecule has 1 aliphatic heterocycles. The molecule has 0 unspecified atom stereocenters. The highest BCUT2D eigenvalue weighted by Gasteiger charge is 2.28. The third-order valence-corrected chi connectivity index (χ3v) is 2.13. The van der Waals surface area contributed by atoms with Crippen molar-refractivity contribution in [1.29, 1.82) is 0 Å². The number of piperidine rings is 1. The molecule has 0 aromatic heterocycles. The van der Waals surface area contributed by atoms with E-state index in [2.05, 4.69) is 5.32 Å². The molecule has 0 spiro atoms. The molecular weight excluding hydrogens is 141 g/mol. The maximum absolute atomic E-state index is 13.3. The molecule has 68 valence electrons. The zero-order chi connectivity index (χ0) is 8.74. The fourth-order valence-electron chi connectivity index (χ4n) is 1.23. The van der Waals surface area contributed by atoms with Gasteiger partial charge in [0.05, 0.1) is 0 Å². The number of hydrogen-bond acceptors (Lipinski definition) is 1. The number of rotatable bonds is 1. The Morgan fingerprint density at radius 2 is 1.73 bits per heavy atom. The number of nitrogens with one attached hydrogen (secondary N) is 1. The standard InChI is InChI=1S/C7H14FN.C2H6/c1-2-7(8)3-5-9-6-4-7;1-2/h9H,2-6H2,1H3;1-2H3. The summed E-state index contributed by atoms with van der Waals surface area (Å²) in [5.41, 5.74) is -0.842. The van der Waals surface area contributed by atoms with Gasteiger partial charge in [0, 0.05) is 0 Å². The van der Waals surface area contributed by atoms with E-state index in [9.17, 15) is 4.39 Å². The van der Waals surface area contributed by atoms with Crippen LogP contribution < -0.4 is 5.32 Å². The third-order valence-electron chi connectivity index (χ3n) is 2.13. The molecule has 0 atom stereocenters. The first kappa shape index (κ1) is 10.9. The molecule has 1 saturated heterocycles. The highest BCUT2D eigenvalue weighted by Crippen LogP contribution is 2.25. The Morgan fingerprint density at radius 1 is 1.27 bits per heavy atom. The summed E-state index contributed by atoms with van der Waals surface area (Å²) < 4.78 is 13.3. The maximum atomic E-state index is 13.3. The molecular formula is C9H20FN. The summed E-state index contributed by atoms with van der Waals surface area (Å²) in [5.74, 6) is 0. The molecule has 0 radical (unpaired) electrons. The number of alkyl halides is 1. The molecule has 0 saturated carbocycles. The topological polar surface area (TPSA) is 12.0 Å². The second kappa shape index (κ2) is 5.53. The Balaban J connectivity index is 0.000000461. The zero-order valence-corrected chi connectivity index (χ0v) is 7.91. The molecule has 0 amide bonds. The van der Waals surface area contributed by atoms with Crippen molar-refractivity contribution < 1.29 is 4.39 Å². The van der Waals surface area contributed by atoms with Crippen LogP contribution in [0.1, 0.15) is 40.0 Å². The first-order chi connectivity index (χ1) is 5.27. The number of hydrogen-bond donors (Lipinski definition) is 1.